The van der Waals surface area contributed by atoms with Gasteiger partial charge in [-0.25, -0.2) is 4.39 Å². The highest BCUT2D eigenvalue weighted by Gasteiger charge is 2.06. The molecule has 0 saturated heterocycles. The number of pyridine rings is 1. The second-order valence-electron chi connectivity index (χ2n) is 5.90. The average Bonchev–Trinajstić information content (AvgIpc) is 2.61. The van der Waals surface area contributed by atoms with Crippen molar-refractivity contribution >= 4 is 5.96 Å². The molecule has 0 aliphatic heterocycles. The molecule has 0 aliphatic carbocycles. The van der Waals surface area contributed by atoms with Crippen LogP contribution in [0.5, 0.6) is 0 Å². The molecule has 0 spiro atoms. The Hall–Kier alpha value is -2.63. The first-order valence-corrected chi connectivity index (χ1v) is 8.42. The van der Waals surface area contributed by atoms with Gasteiger partial charge in [-0.3, -0.25) is 9.79 Å². The van der Waals surface area contributed by atoms with E-state index in [1.807, 2.05) is 24.2 Å². The number of nitrogens with zero attached hydrogens (tertiary/aromatic N) is 3. The maximum atomic E-state index is 13.0. The number of aromatic nitrogens is 1. The maximum absolute atomic E-state index is 13.0. The summed E-state index contributed by atoms with van der Waals surface area (Å²) < 4.78 is 14.7. The van der Waals surface area contributed by atoms with Crippen molar-refractivity contribution in [2.75, 3.05) is 20.6 Å². The Morgan fingerprint density at radius 3 is 2.64 bits per heavy atom. The van der Waals surface area contributed by atoms with E-state index in [9.17, 15) is 9.18 Å². The third-order valence-corrected chi connectivity index (χ3v) is 3.91. The number of hydrogen-bond acceptors (Lipinski definition) is 2. The van der Waals surface area contributed by atoms with Crippen molar-refractivity contribution in [3.8, 4) is 0 Å². The number of hydrogen-bond donors (Lipinski definition) is 1. The summed E-state index contributed by atoms with van der Waals surface area (Å²) in [4.78, 5) is 17.9. The van der Waals surface area contributed by atoms with E-state index in [0.29, 0.717) is 13.1 Å². The van der Waals surface area contributed by atoms with Crippen LogP contribution in [0.2, 0.25) is 0 Å². The Bertz CT molecular complexity index is 740. The molecule has 0 fully saturated rings. The van der Waals surface area contributed by atoms with Crippen LogP contribution in [-0.2, 0) is 13.1 Å². The SMILES string of the molecule is CN=C(NCCCCn1ccccc1=O)N(C)Cc1ccc(F)cc1. The number of nitrogens with one attached hydrogen (secondary N) is 1. The van der Waals surface area contributed by atoms with Crippen molar-refractivity contribution in [2.24, 2.45) is 4.99 Å². The molecule has 0 bridgehead atoms. The molecule has 6 heteroatoms. The number of unbranched alkanes of at least 4 members (excludes halogenated alkanes) is 1. The maximum Gasteiger partial charge on any atom is 0.250 e. The summed E-state index contributed by atoms with van der Waals surface area (Å²) in [5, 5.41) is 3.32. The first-order valence-electron chi connectivity index (χ1n) is 8.42. The summed E-state index contributed by atoms with van der Waals surface area (Å²) in [5.74, 6) is 0.563. The van der Waals surface area contributed by atoms with Gasteiger partial charge in [-0.2, -0.15) is 0 Å². The van der Waals surface area contributed by atoms with Crippen LogP contribution in [0.3, 0.4) is 0 Å². The quantitative estimate of drug-likeness (QED) is 0.477. The van der Waals surface area contributed by atoms with E-state index < -0.39 is 0 Å². The monoisotopic (exact) mass is 344 g/mol. The second-order valence-corrected chi connectivity index (χ2v) is 5.90. The van der Waals surface area contributed by atoms with Gasteiger partial charge in [-0.05, 0) is 36.6 Å². The molecule has 0 atom stereocenters. The fourth-order valence-electron chi connectivity index (χ4n) is 2.58. The number of halogens is 1. The summed E-state index contributed by atoms with van der Waals surface area (Å²) in [6.45, 7) is 2.15. The van der Waals surface area contributed by atoms with Gasteiger partial charge >= 0.3 is 0 Å². The molecule has 2 rings (SSSR count). The van der Waals surface area contributed by atoms with E-state index in [1.54, 1.807) is 35.9 Å². The minimum Gasteiger partial charge on any atom is -0.356 e. The highest BCUT2D eigenvalue weighted by Crippen LogP contribution is 2.05. The zero-order chi connectivity index (χ0) is 18.1. The summed E-state index contributed by atoms with van der Waals surface area (Å²) in [7, 11) is 3.69. The molecule has 0 radical (unpaired) electrons. The van der Waals surface area contributed by atoms with E-state index >= 15 is 0 Å². The third kappa shape index (κ3) is 6.06. The Kier molecular flexibility index (Phi) is 7.19. The van der Waals surface area contributed by atoms with Crippen molar-refractivity contribution in [2.45, 2.75) is 25.9 Å². The van der Waals surface area contributed by atoms with E-state index in [2.05, 4.69) is 10.3 Å². The smallest absolute Gasteiger partial charge is 0.250 e. The van der Waals surface area contributed by atoms with Gasteiger partial charge in [0, 0.05) is 46.0 Å². The highest BCUT2D eigenvalue weighted by atomic mass is 19.1. The number of guanidine groups is 1. The summed E-state index contributed by atoms with van der Waals surface area (Å²) in [6.07, 6.45) is 3.66. The van der Waals surface area contributed by atoms with Crippen LogP contribution in [0.25, 0.3) is 0 Å². The van der Waals surface area contributed by atoms with Crippen molar-refractivity contribution < 1.29 is 4.39 Å². The summed E-state index contributed by atoms with van der Waals surface area (Å²) in [6, 6.07) is 11.7. The molecular weight excluding hydrogens is 319 g/mol. The highest BCUT2D eigenvalue weighted by molar-refractivity contribution is 5.79. The third-order valence-electron chi connectivity index (χ3n) is 3.91. The average molecular weight is 344 g/mol. The van der Waals surface area contributed by atoms with Gasteiger partial charge in [-0.1, -0.05) is 18.2 Å². The molecular formula is C19H25FN4O. The van der Waals surface area contributed by atoms with Gasteiger partial charge in [0.25, 0.3) is 0 Å². The van der Waals surface area contributed by atoms with Gasteiger partial charge in [0.1, 0.15) is 5.82 Å². The van der Waals surface area contributed by atoms with E-state index in [1.165, 1.54) is 12.1 Å². The Morgan fingerprint density at radius 2 is 1.96 bits per heavy atom. The number of rotatable bonds is 7. The van der Waals surface area contributed by atoms with Crippen LogP contribution < -0.4 is 10.9 Å². The molecule has 1 aromatic heterocycles. The molecule has 134 valence electrons. The van der Waals surface area contributed by atoms with Crippen LogP contribution in [-0.4, -0.2) is 36.1 Å². The second kappa shape index (κ2) is 9.61. The predicted octanol–water partition coefficient (Wildman–Crippen LogP) is 2.47. The van der Waals surface area contributed by atoms with Crippen LogP contribution in [0.15, 0.2) is 58.4 Å². The van der Waals surface area contributed by atoms with Gasteiger partial charge in [0.15, 0.2) is 5.96 Å². The fourth-order valence-corrected chi connectivity index (χ4v) is 2.58. The lowest BCUT2D eigenvalue weighted by atomic mass is 10.2. The molecule has 5 nitrogen and oxygen atoms in total. The van der Waals surface area contributed by atoms with Gasteiger partial charge < -0.3 is 14.8 Å². The molecule has 0 amide bonds. The number of benzene rings is 1. The molecule has 0 aliphatic rings. The first kappa shape index (κ1) is 18.7. The minimum absolute atomic E-state index is 0.0327. The molecule has 1 N–H and O–H groups in total. The lowest BCUT2D eigenvalue weighted by molar-refractivity contribution is 0.472. The van der Waals surface area contributed by atoms with Crippen molar-refractivity contribution in [3.05, 3.63) is 70.4 Å². The molecule has 0 saturated carbocycles. The van der Waals surface area contributed by atoms with E-state index in [0.717, 1.165) is 30.9 Å². The standard InChI is InChI=1S/C19H25FN4O/c1-21-19(23(2)15-16-8-10-17(20)11-9-16)22-12-4-6-14-24-13-5-3-7-18(24)25/h3,5,7-11,13H,4,6,12,14-15H2,1-2H3,(H,21,22). The first-order chi connectivity index (χ1) is 12.1. The van der Waals surface area contributed by atoms with Crippen molar-refractivity contribution in [1.82, 2.24) is 14.8 Å². The lowest BCUT2D eigenvalue weighted by Gasteiger charge is -2.22. The van der Waals surface area contributed by atoms with E-state index in [-0.39, 0.29) is 11.4 Å². The fraction of sp³-hybridized carbons (Fsp3) is 0.368. The van der Waals surface area contributed by atoms with Gasteiger partial charge in [0.2, 0.25) is 5.56 Å². The van der Waals surface area contributed by atoms with Crippen LogP contribution in [0.1, 0.15) is 18.4 Å². The Balaban J connectivity index is 1.73. The minimum atomic E-state index is -0.230. The Labute approximate surface area is 147 Å². The Morgan fingerprint density at radius 1 is 1.20 bits per heavy atom. The van der Waals surface area contributed by atoms with Crippen LogP contribution >= 0.6 is 0 Å². The molecule has 25 heavy (non-hydrogen) atoms. The molecule has 1 heterocycles. The normalized spacial score (nSPS) is 11.4. The molecule has 0 unspecified atom stereocenters. The zero-order valence-corrected chi connectivity index (χ0v) is 14.8. The zero-order valence-electron chi connectivity index (χ0n) is 14.8. The largest absolute Gasteiger partial charge is 0.356 e. The van der Waals surface area contributed by atoms with Crippen LogP contribution in [0, 0.1) is 5.82 Å². The lowest BCUT2D eigenvalue weighted by Crippen LogP contribution is -2.38. The van der Waals surface area contributed by atoms with Gasteiger partial charge in [-0.15, -0.1) is 0 Å². The molecule has 1 aromatic carbocycles. The van der Waals surface area contributed by atoms with Gasteiger partial charge in [0.05, 0.1) is 0 Å². The van der Waals surface area contributed by atoms with Crippen molar-refractivity contribution in [3.63, 3.8) is 0 Å². The number of aryl methyl sites for hydroxylation is 1. The van der Waals surface area contributed by atoms with Crippen molar-refractivity contribution in [1.29, 1.82) is 0 Å². The molecule has 2 aromatic rings. The van der Waals surface area contributed by atoms with Crippen LogP contribution in [0.4, 0.5) is 4.39 Å². The summed E-state index contributed by atoms with van der Waals surface area (Å²) in [5.41, 5.74) is 1.06. The summed E-state index contributed by atoms with van der Waals surface area (Å²) >= 11 is 0. The topological polar surface area (TPSA) is 49.6 Å². The van der Waals surface area contributed by atoms with E-state index in [4.69, 9.17) is 0 Å². The predicted molar refractivity (Wildman–Crippen MR) is 99.2 cm³/mol. The number of aliphatic imine (C=N–C) groups is 1.